The normalized spacial score (nSPS) is 10.6. The largest absolute Gasteiger partial charge is 0.378 e. The number of halogens is 1. The van der Waals surface area contributed by atoms with Crippen molar-refractivity contribution >= 4 is 46.4 Å². The van der Waals surface area contributed by atoms with Crippen molar-refractivity contribution in [1.82, 2.24) is 14.8 Å². The summed E-state index contributed by atoms with van der Waals surface area (Å²) in [5, 5.41) is 16.1. The smallest absolute Gasteiger partial charge is 0.234 e. The maximum Gasteiger partial charge on any atom is 0.234 e. The van der Waals surface area contributed by atoms with E-state index in [2.05, 4.69) is 20.8 Å². The third-order valence-corrected chi connectivity index (χ3v) is 6.04. The van der Waals surface area contributed by atoms with Crippen LogP contribution in [0.4, 0.5) is 11.4 Å². The van der Waals surface area contributed by atoms with Gasteiger partial charge < -0.3 is 10.6 Å². The second-order valence-corrected chi connectivity index (χ2v) is 8.79. The minimum atomic E-state index is -0.202. The minimum absolute atomic E-state index is 0.0552. The molecule has 0 aliphatic carbocycles. The zero-order valence-electron chi connectivity index (χ0n) is 18.4. The number of rotatable bonds is 9. The van der Waals surface area contributed by atoms with E-state index in [4.69, 9.17) is 11.6 Å². The van der Waals surface area contributed by atoms with Crippen molar-refractivity contribution < 1.29 is 9.59 Å². The zero-order valence-corrected chi connectivity index (χ0v) is 19.9. The lowest BCUT2D eigenvalue weighted by molar-refractivity contribution is -0.113. The fourth-order valence-corrected chi connectivity index (χ4v) is 4.23. The van der Waals surface area contributed by atoms with E-state index in [1.54, 1.807) is 24.3 Å². The SMILES string of the molecule is CC(=O)c1cccc(NC(=O)CSc2nnc(CNc3cccc(Cl)c3)n2-c2ccccc2)c1. The van der Waals surface area contributed by atoms with E-state index < -0.39 is 0 Å². The average Bonchev–Trinajstić information content (AvgIpc) is 3.25. The van der Waals surface area contributed by atoms with Crippen LogP contribution in [-0.2, 0) is 11.3 Å². The molecule has 1 heterocycles. The Morgan fingerprint density at radius 2 is 1.71 bits per heavy atom. The number of thioether (sulfide) groups is 1. The van der Waals surface area contributed by atoms with Crippen LogP contribution in [0.2, 0.25) is 5.02 Å². The molecule has 0 atom stereocenters. The fourth-order valence-electron chi connectivity index (χ4n) is 3.27. The van der Waals surface area contributed by atoms with E-state index >= 15 is 0 Å². The first kappa shape index (κ1) is 23.5. The molecule has 3 aromatic carbocycles. The van der Waals surface area contributed by atoms with Crippen LogP contribution in [0.25, 0.3) is 5.69 Å². The predicted molar refractivity (Wildman–Crippen MR) is 136 cm³/mol. The first-order chi connectivity index (χ1) is 16.5. The summed E-state index contributed by atoms with van der Waals surface area (Å²) in [6.07, 6.45) is 0. The summed E-state index contributed by atoms with van der Waals surface area (Å²) in [6.45, 7) is 1.92. The summed E-state index contributed by atoms with van der Waals surface area (Å²) in [5.41, 5.74) is 2.89. The topological polar surface area (TPSA) is 88.9 Å². The number of aromatic nitrogens is 3. The Labute approximate surface area is 206 Å². The van der Waals surface area contributed by atoms with Gasteiger partial charge in [-0.25, -0.2) is 0 Å². The lowest BCUT2D eigenvalue weighted by atomic mass is 10.1. The van der Waals surface area contributed by atoms with Gasteiger partial charge >= 0.3 is 0 Å². The number of ketones is 1. The number of carbonyl (C=O) groups is 2. The van der Waals surface area contributed by atoms with Crippen molar-refractivity contribution in [3.63, 3.8) is 0 Å². The molecule has 9 heteroatoms. The first-order valence-electron chi connectivity index (χ1n) is 10.5. The highest BCUT2D eigenvalue weighted by atomic mass is 35.5. The van der Waals surface area contributed by atoms with Crippen molar-refractivity contribution in [2.75, 3.05) is 16.4 Å². The van der Waals surface area contributed by atoms with Gasteiger partial charge in [0.1, 0.15) is 0 Å². The van der Waals surface area contributed by atoms with E-state index in [9.17, 15) is 9.59 Å². The van der Waals surface area contributed by atoms with E-state index in [-0.39, 0.29) is 17.4 Å². The number of nitrogens with one attached hydrogen (secondary N) is 2. The van der Waals surface area contributed by atoms with Gasteiger partial charge in [0.05, 0.1) is 12.3 Å². The van der Waals surface area contributed by atoms with Gasteiger partial charge in [0.25, 0.3) is 0 Å². The van der Waals surface area contributed by atoms with Gasteiger partial charge in [-0.05, 0) is 49.4 Å². The maximum atomic E-state index is 12.6. The van der Waals surface area contributed by atoms with Crippen molar-refractivity contribution in [2.45, 2.75) is 18.6 Å². The summed E-state index contributed by atoms with van der Waals surface area (Å²) in [4.78, 5) is 24.1. The second-order valence-electron chi connectivity index (χ2n) is 7.41. The predicted octanol–water partition coefficient (Wildman–Crippen LogP) is 5.47. The Kier molecular flexibility index (Phi) is 7.61. The van der Waals surface area contributed by atoms with Crippen LogP contribution in [0.15, 0.2) is 84.0 Å². The Morgan fingerprint density at radius 3 is 2.47 bits per heavy atom. The van der Waals surface area contributed by atoms with E-state index in [0.29, 0.717) is 33.8 Å². The highest BCUT2D eigenvalue weighted by molar-refractivity contribution is 7.99. The standard InChI is InChI=1S/C25H22ClN5O2S/c1-17(32)18-7-5-10-21(13-18)28-24(33)16-34-25-30-29-23(31(25)22-11-3-2-4-12-22)15-27-20-9-6-8-19(26)14-20/h2-14,27H,15-16H2,1H3,(H,28,33). The number of amides is 1. The number of anilines is 2. The number of benzene rings is 3. The molecule has 4 aromatic rings. The van der Waals surface area contributed by atoms with Crippen molar-refractivity contribution in [3.05, 3.63) is 95.3 Å². The molecule has 0 saturated heterocycles. The number of Topliss-reactive ketones (excluding diaryl/α,β-unsaturated/α-hetero) is 1. The number of hydrogen-bond acceptors (Lipinski definition) is 6. The monoisotopic (exact) mass is 491 g/mol. The first-order valence-corrected chi connectivity index (χ1v) is 11.9. The molecule has 4 rings (SSSR count). The lowest BCUT2D eigenvalue weighted by Crippen LogP contribution is -2.15. The molecule has 0 bridgehead atoms. The van der Waals surface area contributed by atoms with Crippen LogP contribution in [0, 0.1) is 0 Å². The molecule has 0 unspecified atom stereocenters. The molecule has 0 fully saturated rings. The highest BCUT2D eigenvalue weighted by Gasteiger charge is 2.16. The third kappa shape index (κ3) is 6.03. The van der Waals surface area contributed by atoms with Crippen LogP contribution in [0.5, 0.6) is 0 Å². The summed E-state index contributed by atoms with van der Waals surface area (Å²) in [7, 11) is 0. The molecular weight excluding hydrogens is 470 g/mol. The lowest BCUT2D eigenvalue weighted by Gasteiger charge is -2.12. The molecule has 2 N–H and O–H groups in total. The van der Waals surface area contributed by atoms with Gasteiger partial charge in [-0.3, -0.25) is 14.2 Å². The molecule has 0 aliphatic heterocycles. The van der Waals surface area contributed by atoms with Crippen LogP contribution in [-0.4, -0.2) is 32.2 Å². The molecule has 0 aliphatic rings. The van der Waals surface area contributed by atoms with Crippen molar-refractivity contribution in [1.29, 1.82) is 0 Å². The van der Waals surface area contributed by atoms with E-state index in [1.807, 2.05) is 59.2 Å². The van der Waals surface area contributed by atoms with Gasteiger partial charge in [-0.15, -0.1) is 10.2 Å². The zero-order chi connectivity index (χ0) is 23.9. The number of para-hydroxylation sites is 1. The van der Waals surface area contributed by atoms with Crippen LogP contribution in [0.1, 0.15) is 23.1 Å². The van der Waals surface area contributed by atoms with Gasteiger partial charge in [0, 0.05) is 27.6 Å². The molecule has 1 aromatic heterocycles. The molecule has 7 nitrogen and oxygen atoms in total. The molecule has 0 saturated carbocycles. The Morgan fingerprint density at radius 1 is 0.941 bits per heavy atom. The van der Waals surface area contributed by atoms with Crippen LogP contribution < -0.4 is 10.6 Å². The van der Waals surface area contributed by atoms with Gasteiger partial charge in [-0.2, -0.15) is 0 Å². The molecular formula is C25H22ClN5O2S. The highest BCUT2D eigenvalue weighted by Crippen LogP contribution is 2.24. The van der Waals surface area contributed by atoms with Gasteiger partial charge in [0.2, 0.25) is 5.91 Å². The average molecular weight is 492 g/mol. The van der Waals surface area contributed by atoms with E-state index in [1.165, 1.54) is 18.7 Å². The van der Waals surface area contributed by atoms with Crippen LogP contribution >= 0.6 is 23.4 Å². The summed E-state index contributed by atoms with van der Waals surface area (Å²) >= 11 is 7.37. The fraction of sp³-hybridized carbons (Fsp3) is 0.120. The van der Waals surface area contributed by atoms with Gasteiger partial charge in [0.15, 0.2) is 16.8 Å². The molecule has 0 spiro atoms. The maximum absolute atomic E-state index is 12.6. The number of nitrogens with zero attached hydrogens (tertiary/aromatic N) is 3. The molecule has 0 radical (unpaired) electrons. The second kappa shape index (κ2) is 11.0. The quantitative estimate of drug-likeness (QED) is 0.238. The number of carbonyl (C=O) groups excluding carboxylic acids is 2. The molecule has 172 valence electrons. The summed E-state index contributed by atoms with van der Waals surface area (Å²) in [5.74, 6) is 0.576. The Balaban J connectivity index is 1.48. The minimum Gasteiger partial charge on any atom is -0.378 e. The molecule has 1 amide bonds. The Hall–Kier alpha value is -3.62. The van der Waals surface area contributed by atoms with Crippen LogP contribution in [0.3, 0.4) is 0 Å². The molecule has 34 heavy (non-hydrogen) atoms. The number of hydrogen-bond donors (Lipinski definition) is 2. The van der Waals surface area contributed by atoms with Crippen molar-refractivity contribution in [2.24, 2.45) is 0 Å². The summed E-state index contributed by atoms with van der Waals surface area (Å²) < 4.78 is 1.92. The third-order valence-electron chi connectivity index (χ3n) is 4.88. The Bertz CT molecular complexity index is 1310. The van der Waals surface area contributed by atoms with Gasteiger partial charge in [-0.1, -0.05) is 59.8 Å². The summed E-state index contributed by atoms with van der Waals surface area (Å²) in [6, 6.07) is 24.1. The van der Waals surface area contributed by atoms with Crippen molar-refractivity contribution in [3.8, 4) is 5.69 Å². The van der Waals surface area contributed by atoms with E-state index in [0.717, 1.165) is 11.4 Å².